The molecule has 2 aromatic carbocycles. The van der Waals surface area contributed by atoms with Gasteiger partial charge in [0.25, 0.3) is 0 Å². The first kappa shape index (κ1) is 21.5. The third kappa shape index (κ3) is 5.37. The lowest BCUT2D eigenvalue weighted by Crippen LogP contribution is -2.37. The summed E-state index contributed by atoms with van der Waals surface area (Å²) in [4.78, 5) is 12.7. The van der Waals surface area contributed by atoms with Gasteiger partial charge in [-0.15, -0.1) is 0 Å². The fraction of sp³-hybridized carbons (Fsp3) is 0.316. The fourth-order valence-electron chi connectivity index (χ4n) is 2.78. The second-order valence-corrected chi connectivity index (χ2v) is 8.82. The first-order valence-electron chi connectivity index (χ1n) is 8.50. The average molecular weight is 429 g/mol. The van der Waals surface area contributed by atoms with Crippen molar-refractivity contribution in [3.05, 3.63) is 57.6 Å². The number of hydrogen-bond donors (Lipinski definition) is 1. The van der Waals surface area contributed by atoms with E-state index in [2.05, 4.69) is 5.32 Å². The molecule has 0 aromatic heterocycles. The van der Waals surface area contributed by atoms with Crippen LogP contribution in [-0.4, -0.2) is 27.1 Å². The molecule has 27 heavy (non-hydrogen) atoms. The summed E-state index contributed by atoms with van der Waals surface area (Å²) in [6, 6.07) is 10.3. The highest BCUT2D eigenvalue weighted by molar-refractivity contribution is 7.92. The molecule has 0 saturated heterocycles. The predicted molar refractivity (Wildman–Crippen MR) is 112 cm³/mol. The van der Waals surface area contributed by atoms with Crippen LogP contribution in [0.3, 0.4) is 0 Å². The summed E-state index contributed by atoms with van der Waals surface area (Å²) in [5.41, 5.74) is 2.94. The number of amides is 1. The van der Waals surface area contributed by atoms with Gasteiger partial charge in [-0.05, 0) is 42.2 Å². The van der Waals surface area contributed by atoms with Gasteiger partial charge in [0.2, 0.25) is 15.9 Å². The van der Waals surface area contributed by atoms with Gasteiger partial charge in [0.15, 0.2) is 0 Å². The lowest BCUT2D eigenvalue weighted by atomic mass is 10.0. The summed E-state index contributed by atoms with van der Waals surface area (Å²) in [5, 5.41) is 3.41. The van der Waals surface area contributed by atoms with E-state index in [0.29, 0.717) is 5.02 Å². The summed E-state index contributed by atoms with van der Waals surface area (Å²) < 4.78 is 25.5. The first-order chi connectivity index (χ1) is 12.7. The Hall–Kier alpha value is -1.76. The molecule has 0 fully saturated rings. The number of carbonyl (C=O) groups excluding carboxylic acids is 1. The van der Waals surface area contributed by atoms with Crippen LogP contribution >= 0.6 is 23.2 Å². The quantitative estimate of drug-likeness (QED) is 0.704. The molecule has 146 valence electrons. The largest absolute Gasteiger partial charge is 0.324 e. The minimum Gasteiger partial charge on any atom is -0.324 e. The molecular weight excluding hydrogens is 407 g/mol. The van der Waals surface area contributed by atoms with Crippen molar-refractivity contribution in [1.29, 1.82) is 0 Å². The fourth-order valence-corrected chi connectivity index (χ4v) is 4.21. The number of nitrogens with one attached hydrogen (secondary N) is 1. The molecule has 1 amide bonds. The van der Waals surface area contributed by atoms with E-state index in [-0.39, 0.29) is 17.3 Å². The predicted octanol–water partition coefficient (Wildman–Crippen LogP) is 4.52. The van der Waals surface area contributed by atoms with Gasteiger partial charge < -0.3 is 5.32 Å². The van der Waals surface area contributed by atoms with Gasteiger partial charge in [0, 0.05) is 10.7 Å². The van der Waals surface area contributed by atoms with Crippen molar-refractivity contribution >= 4 is 50.5 Å². The highest BCUT2D eigenvalue weighted by Crippen LogP contribution is 2.30. The van der Waals surface area contributed by atoms with E-state index in [9.17, 15) is 13.2 Å². The molecule has 2 rings (SSSR count). The molecule has 5 nitrogen and oxygen atoms in total. The van der Waals surface area contributed by atoms with Gasteiger partial charge in [0.1, 0.15) is 6.54 Å². The first-order valence-corrected chi connectivity index (χ1v) is 11.1. The Morgan fingerprint density at radius 1 is 1.07 bits per heavy atom. The van der Waals surface area contributed by atoms with E-state index in [1.165, 1.54) is 18.2 Å². The highest BCUT2D eigenvalue weighted by Gasteiger charge is 2.24. The maximum Gasteiger partial charge on any atom is 0.245 e. The van der Waals surface area contributed by atoms with Gasteiger partial charge in [-0.1, -0.05) is 55.2 Å². The van der Waals surface area contributed by atoms with Crippen LogP contribution in [0.4, 0.5) is 11.4 Å². The van der Waals surface area contributed by atoms with Crippen molar-refractivity contribution in [3.8, 4) is 0 Å². The molecule has 0 aliphatic heterocycles. The summed E-state index contributed by atoms with van der Waals surface area (Å²) in [5.74, 6) is -0.443. The number of benzene rings is 2. The Balaban J connectivity index is 2.33. The van der Waals surface area contributed by atoms with Gasteiger partial charge >= 0.3 is 0 Å². The molecule has 8 heteroatoms. The zero-order valence-corrected chi connectivity index (χ0v) is 17.7. The normalized spacial score (nSPS) is 11.3. The second-order valence-electron chi connectivity index (χ2n) is 6.07. The Morgan fingerprint density at radius 3 is 2.15 bits per heavy atom. The van der Waals surface area contributed by atoms with Crippen molar-refractivity contribution in [3.63, 3.8) is 0 Å². The molecule has 0 atom stereocenters. The average Bonchev–Trinajstić information content (AvgIpc) is 2.59. The third-order valence-electron chi connectivity index (χ3n) is 4.13. The maximum absolute atomic E-state index is 12.7. The zero-order valence-electron chi connectivity index (χ0n) is 15.4. The number of nitrogens with zero attached hydrogens (tertiary/aromatic N) is 1. The molecule has 0 bridgehead atoms. The Bertz CT molecular complexity index is 924. The van der Waals surface area contributed by atoms with Gasteiger partial charge in [-0.2, -0.15) is 0 Å². The van der Waals surface area contributed by atoms with Crippen LogP contribution in [-0.2, 0) is 27.7 Å². The molecule has 0 unspecified atom stereocenters. The summed E-state index contributed by atoms with van der Waals surface area (Å²) in [7, 11) is -3.73. The Kier molecular flexibility index (Phi) is 7.14. The topological polar surface area (TPSA) is 66.5 Å². The monoisotopic (exact) mass is 428 g/mol. The number of rotatable bonds is 7. The maximum atomic E-state index is 12.7. The number of halogens is 2. The van der Waals surface area contributed by atoms with E-state index in [4.69, 9.17) is 23.2 Å². The van der Waals surface area contributed by atoms with Gasteiger partial charge in [0.05, 0.1) is 17.0 Å². The summed E-state index contributed by atoms with van der Waals surface area (Å²) >= 11 is 12.0. The minimum atomic E-state index is -3.73. The lowest BCUT2D eigenvalue weighted by molar-refractivity contribution is -0.114. The Morgan fingerprint density at radius 2 is 1.67 bits per heavy atom. The van der Waals surface area contributed by atoms with Crippen LogP contribution in [0.2, 0.25) is 10.0 Å². The minimum absolute atomic E-state index is 0.156. The van der Waals surface area contributed by atoms with Crippen molar-refractivity contribution < 1.29 is 13.2 Å². The van der Waals surface area contributed by atoms with Crippen molar-refractivity contribution in [2.75, 3.05) is 22.4 Å². The second kappa shape index (κ2) is 8.95. The highest BCUT2D eigenvalue weighted by atomic mass is 35.5. The van der Waals surface area contributed by atoms with Crippen LogP contribution in [0, 0.1) is 0 Å². The number of anilines is 2. The van der Waals surface area contributed by atoms with E-state index in [1.54, 1.807) is 0 Å². The van der Waals surface area contributed by atoms with Gasteiger partial charge in [-0.25, -0.2) is 8.42 Å². The smallest absolute Gasteiger partial charge is 0.245 e. The van der Waals surface area contributed by atoms with Crippen molar-refractivity contribution in [2.24, 2.45) is 0 Å². The zero-order chi connectivity index (χ0) is 20.2. The molecular formula is C19H22Cl2N2O3S. The van der Waals surface area contributed by atoms with Crippen LogP contribution in [0.25, 0.3) is 0 Å². The number of sulfonamides is 1. The number of para-hydroxylation sites is 1. The lowest BCUT2D eigenvalue weighted by Gasteiger charge is -2.23. The molecule has 0 aliphatic rings. The summed E-state index contributed by atoms with van der Waals surface area (Å²) in [6.07, 6.45) is 2.53. The molecule has 0 aliphatic carbocycles. The number of hydrogen-bond acceptors (Lipinski definition) is 3. The molecule has 0 spiro atoms. The van der Waals surface area contributed by atoms with E-state index < -0.39 is 15.9 Å². The Labute approximate surface area is 170 Å². The van der Waals surface area contributed by atoms with Crippen molar-refractivity contribution in [1.82, 2.24) is 0 Å². The SMILES string of the molecule is CCc1cccc(CC)c1NC(=O)CN(c1ccc(Cl)cc1Cl)S(C)(=O)=O. The number of aryl methyl sites for hydroxylation is 2. The van der Waals surface area contributed by atoms with Gasteiger partial charge in [-0.3, -0.25) is 9.10 Å². The van der Waals surface area contributed by atoms with E-state index >= 15 is 0 Å². The number of carbonyl (C=O) groups is 1. The molecule has 0 radical (unpaired) electrons. The van der Waals surface area contributed by atoms with E-state index in [0.717, 1.165) is 40.2 Å². The standard InChI is InChI=1S/C19H22Cl2N2O3S/c1-4-13-7-6-8-14(5-2)19(13)22-18(24)12-23(27(3,25)26)17-10-9-15(20)11-16(17)21/h6-11H,4-5,12H2,1-3H3,(H,22,24). The van der Waals surface area contributed by atoms with E-state index in [1.807, 2.05) is 32.0 Å². The third-order valence-corrected chi connectivity index (χ3v) is 5.79. The molecule has 1 N–H and O–H groups in total. The summed E-state index contributed by atoms with van der Waals surface area (Å²) in [6.45, 7) is 3.61. The van der Waals surface area contributed by atoms with Crippen LogP contribution in [0.1, 0.15) is 25.0 Å². The molecule has 0 saturated carbocycles. The van der Waals surface area contributed by atoms with Crippen LogP contribution < -0.4 is 9.62 Å². The molecule has 2 aromatic rings. The van der Waals surface area contributed by atoms with Crippen molar-refractivity contribution in [2.45, 2.75) is 26.7 Å². The van der Waals surface area contributed by atoms with Crippen LogP contribution in [0.5, 0.6) is 0 Å². The van der Waals surface area contributed by atoms with Crippen LogP contribution in [0.15, 0.2) is 36.4 Å². The molecule has 0 heterocycles.